The van der Waals surface area contributed by atoms with Crippen molar-refractivity contribution in [3.8, 4) is 0 Å². The zero-order chi connectivity index (χ0) is 12.3. The highest BCUT2D eigenvalue weighted by molar-refractivity contribution is 9.10. The Morgan fingerprint density at radius 3 is 2.88 bits per heavy atom. The van der Waals surface area contributed by atoms with Gasteiger partial charge in [-0.05, 0) is 22.9 Å². The Bertz CT molecular complexity index is 512. The minimum absolute atomic E-state index is 0.514. The lowest BCUT2D eigenvalue weighted by Crippen LogP contribution is -2.04. The summed E-state index contributed by atoms with van der Waals surface area (Å²) in [5.41, 5.74) is 0. The van der Waals surface area contributed by atoms with Gasteiger partial charge in [0.25, 0.3) is 0 Å². The summed E-state index contributed by atoms with van der Waals surface area (Å²) in [4.78, 5) is 12.7. The van der Waals surface area contributed by atoms with E-state index in [0.29, 0.717) is 12.4 Å². The quantitative estimate of drug-likeness (QED) is 0.879. The van der Waals surface area contributed by atoms with E-state index < -0.39 is 0 Å². The second-order valence-electron chi connectivity index (χ2n) is 3.56. The summed E-state index contributed by atoms with van der Waals surface area (Å²) in [6.45, 7) is 4.40. The first-order valence-corrected chi connectivity index (χ1v) is 6.15. The first-order valence-electron chi connectivity index (χ1n) is 5.36. The van der Waals surface area contributed by atoms with Crippen LogP contribution in [0.2, 0.25) is 0 Å². The van der Waals surface area contributed by atoms with E-state index in [4.69, 9.17) is 4.42 Å². The smallest absolute Gasteiger partial charge is 0.213 e. The van der Waals surface area contributed by atoms with E-state index in [1.165, 1.54) is 0 Å². The fraction of sp³-hybridized carbons (Fsp3) is 0.364. The molecule has 0 radical (unpaired) electrons. The highest BCUT2D eigenvalue weighted by Crippen LogP contribution is 2.13. The Morgan fingerprint density at radius 1 is 1.41 bits per heavy atom. The maximum absolute atomic E-state index is 5.36. The third kappa shape index (κ3) is 3.26. The van der Waals surface area contributed by atoms with Crippen molar-refractivity contribution in [1.82, 2.24) is 15.0 Å². The van der Waals surface area contributed by atoms with Crippen LogP contribution in [0.3, 0.4) is 0 Å². The van der Waals surface area contributed by atoms with Crippen LogP contribution < -0.4 is 5.32 Å². The molecule has 6 heteroatoms. The summed E-state index contributed by atoms with van der Waals surface area (Å²) < 4.78 is 6.14. The molecule has 0 unspecified atom stereocenters. The largest absolute Gasteiger partial charge is 0.444 e. The van der Waals surface area contributed by atoms with Gasteiger partial charge >= 0.3 is 0 Å². The maximum Gasteiger partial charge on any atom is 0.213 e. The number of hydrogen-bond donors (Lipinski definition) is 1. The second-order valence-corrected chi connectivity index (χ2v) is 4.38. The van der Waals surface area contributed by atoms with Gasteiger partial charge in [0.05, 0.1) is 12.7 Å². The Balaban J connectivity index is 2.05. The van der Waals surface area contributed by atoms with Crippen LogP contribution in [0.4, 0.5) is 5.82 Å². The molecule has 90 valence electrons. The van der Waals surface area contributed by atoms with E-state index in [1.807, 2.05) is 19.9 Å². The van der Waals surface area contributed by atoms with E-state index in [9.17, 15) is 0 Å². The average molecular weight is 297 g/mol. The summed E-state index contributed by atoms with van der Waals surface area (Å²) in [6.07, 6.45) is 2.50. The number of nitrogens with one attached hydrogen (secondary N) is 1. The van der Waals surface area contributed by atoms with Gasteiger partial charge in [-0.2, -0.15) is 0 Å². The molecule has 0 aromatic carbocycles. The molecule has 0 saturated carbocycles. The molecule has 0 saturated heterocycles. The predicted molar refractivity (Wildman–Crippen MR) is 67.7 cm³/mol. The number of aromatic nitrogens is 3. The number of oxazole rings is 1. The van der Waals surface area contributed by atoms with Crippen LogP contribution >= 0.6 is 15.9 Å². The number of hydrogen-bond acceptors (Lipinski definition) is 5. The van der Waals surface area contributed by atoms with Gasteiger partial charge in [0.1, 0.15) is 22.0 Å². The highest BCUT2D eigenvalue weighted by atomic mass is 79.9. The van der Waals surface area contributed by atoms with E-state index in [2.05, 4.69) is 36.2 Å². The molecule has 2 aromatic heterocycles. The van der Waals surface area contributed by atoms with E-state index >= 15 is 0 Å². The summed E-state index contributed by atoms with van der Waals surface area (Å²) in [6, 6.07) is 1.83. The zero-order valence-electron chi connectivity index (χ0n) is 9.70. The van der Waals surface area contributed by atoms with Crippen molar-refractivity contribution in [2.75, 3.05) is 5.32 Å². The standard InChI is InChI=1S/C11H13BrN4O/c1-3-9-15-8(12)4-10(16-9)13-6-11-14-5-7(2)17-11/h4-5H,3,6H2,1-2H3,(H,13,15,16). The highest BCUT2D eigenvalue weighted by Gasteiger charge is 2.04. The lowest BCUT2D eigenvalue weighted by atomic mass is 10.4. The Labute approximate surface area is 108 Å². The number of halogens is 1. The van der Waals surface area contributed by atoms with Crippen LogP contribution in [-0.4, -0.2) is 15.0 Å². The topological polar surface area (TPSA) is 63.8 Å². The molecule has 0 atom stereocenters. The van der Waals surface area contributed by atoms with E-state index in [1.54, 1.807) is 6.20 Å². The number of aryl methyl sites for hydroxylation is 2. The summed E-state index contributed by atoms with van der Waals surface area (Å²) in [7, 11) is 0. The molecule has 1 N–H and O–H groups in total. The van der Waals surface area contributed by atoms with Gasteiger partial charge in [0.2, 0.25) is 5.89 Å². The molecule has 17 heavy (non-hydrogen) atoms. The molecule has 2 rings (SSSR count). The summed E-state index contributed by atoms with van der Waals surface area (Å²) in [5.74, 6) is 3.01. The SMILES string of the molecule is CCc1nc(Br)cc(NCc2ncc(C)o2)n1. The minimum atomic E-state index is 0.514. The number of nitrogens with zero attached hydrogens (tertiary/aromatic N) is 3. The van der Waals surface area contributed by atoms with Gasteiger partial charge in [-0.15, -0.1) is 0 Å². The van der Waals surface area contributed by atoms with Crippen LogP contribution in [0.25, 0.3) is 0 Å². The van der Waals surface area contributed by atoms with E-state index in [-0.39, 0.29) is 0 Å². The van der Waals surface area contributed by atoms with Crippen LogP contribution in [-0.2, 0) is 13.0 Å². The first kappa shape index (κ1) is 12.0. The Kier molecular flexibility index (Phi) is 3.73. The van der Waals surface area contributed by atoms with Crippen LogP contribution in [0.15, 0.2) is 21.3 Å². The third-order valence-electron chi connectivity index (χ3n) is 2.15. The molecule has 2 heterocycles. The number of rotatable bonds is 4. The summed E-state index contributed by atoms with van der Waals surface area (Å²) >= 11 is 3.35. The molecule has 0 aliphatic rings. The molecule has 0 fully saturated rings. The molecule has 0 bridgehead atoms. The fourth-order valence-electron chi connectivity index (χ4n) is 1.36. The van der Waals surface area contributed by atoms with Crippen molar-refractivity contribution >= 4 is 21.7 Å². The molecule has 0 aliphatic heterocycles. The van der Waals surface area contributed by atoms with Gasteiger partial charge in [0.15, 0.2) is 0 Å². The molecular weight excluding hydrogens is 284 g/mol. The van der Waals surface area contributed by atoms with Gasteiger partial charge in [-0.1, -0.05) is 6.92 Å². The zero-order valence-corrected chi connectivity index (χ0v) is 11.3. The molecule has 5 nitrogen and oxygen atoms in total. The van der Waals surface area contributed by atoms with Crippen LogP contribution in [0.5, 0.6) is 0 Å². The van der Waals surface area contributed by atoms with Crippen molar-refractivity contribution in [3.63, 3.8) is 0 Å². The van der Waals surface area contributed by atoms with Crippen molar-refractivity contribution in [2.24, 2.45) is 0 Å². The predicted octanol–water partition coefficient (Wildman–Crippen LogP) is 2.71. The molecule has 0 amide bonds. The number of anilines is 1. The molecule has 2 aromatic rings. The molecule has 0 aliphatic carbocycles. The maximum atomic E-state index is 5.36. The normalized spacial score (nSPS) is 10.5. The lowest BCUT2D eigenvalue weighted by molar-refractivity contribution is 0.478. The van der Waals surface area contributed by atoms with Crippen molar-refractivity contribution in [2.45, 2.75) is 26.8 Å². The fourth-order valence-corrected chi connectivity index (χ4v) is 1.78. The Hall–Kier alpha value is -1.43. The monoisotopic (exact) mass is 296 g/mol. The van der Waals surface area contributed by atoms with Gasteiger partial charge in [0, 0.05) is 12.5 Å². The lowest BCUT2D eigenvalue weighted by Gasteiger charge is -2.05. The van der Waals surface area contributed by atoms with Crippen molar-refractivity contribution in [1.29, 1.82) is 0 Å². The van der Waals surface area contributed by atoms with Gasteiger partial charge in [-0.25, -0.2) is 15.0 Å². The Morgan fingerprint density at radius 2 is 2.24 bits per heavy atom. The van der Waals surface area contributed by atoms with Crippen molar-refractivity contribution < 1.29 is 4.42 Å². The molecule has 0 spiro atoms. The van der Waals surface area contributed by atoms with Crippen LogP contribution in [0, 0.1) is 6.92 Å². The minimum Gasteiger partial charge on any atom is -0.444 e. The second kappa shape index (κ2) is 5.27. The van der Waals surface area contributed by atoms with Crippen molar-refractivity contribution in [3.05, 3.63) is 34.3 Å². The third-order valence-corrected chi connectivity index (χ3v) is 2.55. The molecular formula is C11H13BrN4O. The summed E-state index contributed by atoms with van der Waals surface area (Å²) in [5, 5.41) is 3.15. The van der Waals surface area contributed by atoms with Gasteiger partial charge in [-0.3, -0.25) is 0 Å². The average Bonchev–Trinajstić information content (AvgIpc) is 2.72. The van der Waals surface area contributed by atoms with E-state index in [0.717, 1.165) is 28.4 Å². The van der Waals surface area contributed by atoms with Gasteiger partial charge < -0.3 is 9.73 Å². The van der Waals surface area contributed by atoms with Crippen LogP contribution in [0.1, 0.15) is 24.4 Å². The first-order chi connectivity index (χ1) is 8.17.